The van der Waals surface area contributed by atoms with Crippen LogP contribution in [-0.4, -0.2) is 35.1 Å². The summed E-state index contributed by atoms with van der Waals surface area (Å²) in [6, 6.07) is 2.08. The van der Waals surface area contributed by atoms with Gasteiger partial charge in [0.2, 0.25) is 5.82 Å². The average molecular weight is 236 g/mol. The van der Waals surface area contributed by atoms with E-state index in [4.69, 9.17) is 5.73 Å². The highest BCUT2D eigenvalue weighted by atomic mass is 16.5. The molecule has 1 aliphatic carbocycles. The molecule has 0 radical (unpaired) electrons. The van der Waals surface area contributed by atoms with Gasteiger partial charge in [0.25, 0.3) is 0 Å². The summed E-state index contributed by atoms with van der Waals surface area (Å²) in [6.45, 7) is 0. The lowest BCUT2D eigenvalue weighted by Gasteiger charge is -2.17. The molecule has 1 heterocycles. The van der Waals surface area contributed by atoms with Gasteiger partial charge in [-0.15, -0.1) is 0 Å². The zero-order chi connectivity index (χ0) is 12.3. The van der Waals surface area contributed by atoms with Crippen molar-refractivity contribution in [3.05, 3.63) is 18.1 Å². The van der Waals surface area contributed by atoms with Crippen molar-refractivity contribution in [1.29, 1.82) is 0 Å². The number of nitrogens with one attached hydrogen (secondary N) is 1. The predicted octanol–water partition coefficient (Wildman–Crippen LogP) is 0.555. The molecule has 0 aromatic carbocycles. The van der Waals surface area contributed by atoms with Gasteiger partial charge in [0.05, 0.1) is 7.11 Å². The number of rotatable bonds is 3. The first kappa shape index (κ1) is 11.8. The molecular formula is C11H16N4O2. The van der Waals surface area contributed by atoms with E-state index in [1.165, 1.54) is 13.3 Å². The fourth-order valence-corrected chi connectivity index (χ4v) is 1.99. The minimum absolute atomic E-state index is 0.0593. The van der Waals surface area contributed by atoms with E-state index in [0.29, 0.717) is 5.82 Å². The van der Waals surface area contributed by atoms with Crippen LogP contribution in [0.25, 0.3) is 0 Å². The van der Waals surface area contributed by atoms with Crippen molar-refractivity contribution in [3.8, 4) is 0 Å². The zero-order valence-electron chi connectivity index (χ0n) is 9.72. The maximum Gasteiger partial charge on any atom is 0.376 e. The van der Waals surface area contributed by atoms with E-state index >= 15 is 0 Å². The van der Waals surface area contributed by atoms with E-state index in [1.807, 2.05) is 0 Å². The second kappa shape index (κ2) is 5.09. The van der Waals surface area contributed by atoms with Crippen LogP contribution < -0.4 is 11.1 Å². The molecule has 6 heteroatoms. The Morgan fingerprint density at radius 2 is 2.41 bits per heavy atom. The lowest BCUT2D eigenvalue weighted by atomic mass is 10.2. The van der Waals surface area contributed by atoms with Crippen molar-refractivity contribution < 1.29 is 9.53 Å². The SMILES string of the molecule is COC(=O)c1nccc(NC2CCCC2N)n1. The van der Waals surface area contributed by atoms with Crippen LogP contribution in [0.1, 0.15) is 29.9 Å². The number of esters is 1. The molecule has 0 aliphatic heterocycles. The van der Waals surface area contributed by atoms with Gasteiger partial charge in [-0.05, 0) is 25.3 Å². The van der Waals surface area contributed by atoms with Crippen molar-refractivity contribution in [2.75, 3.05) is 12.4 Å². The smallest absolute Gasteiger partial charge is 0.376 e. The molecule has 3 N–H and O–H groups in total. The lowest BCUT2D eigenvalue weighted by Crippen LogP contribution is -2.35. The number of hydrogen-bond donors (Lipinski definition) is 2. The third-order valence-electron chi connectivity index (χ3n) is 2.93. The van der Waals surface area contributed by atoms with Crippen LogP contribution in [0.3, 0.4) is 0 Å². The molecule has 0 saturated heterocycles. The first-order chi connectivity index (χ1) is 8.20. The number of aromatic nitrogens is 2. The van der Waals surface area contributed by atoms with Crippen LogP contribution >= 0.6 is 0 Å². The number of nitrogens with zero attached hydrogens (tertiary/aromatic N) is 2. The number of methoxy groups -OCH3 is 1. The van der Waals surface area contributed by atoms with Crippen molar-refractivity contribution in [3.63, 3.8) is 0 Å². The lowest BCUT2D eigenvalue weighted by molar-refractivity contribution is 0.0587. The zero-order valence-corrected chi connectivity index (χ0v) is 9.72. The highest BCUT2D eigenvalue weighted by Gasteiger charge is 2.24. The average Bonchev–Trinajstić information content (AvgIpc) is 2.74. The second-order valence-corrected chi connectivity index (χ2v) is 4.10. The third kappa shape index (κ3) is 2.71. The molecule has 92 valence electrons. The molecule has 0 bridgehead atoms. The van der Waals surface area contributed by atoms with Crippen LogP contribution in [0.2, 0.25) is 0 Å². The molecule has 1 aliphatic rings. The van der Waals surface area contributed by atoms with Gasteiger partial charge in [0, 0.05) is 18.3 Å². The molecule has 2 unspecified atom stereocenters. The topological polar surface area (TPSA) is 90.1 Å². The Bertz CT molecular complexity index is 410. The molecule has 6 nitrogen and oxygen atoms in total. The number of carbonyl (C=O) groups excluding carboxylic acids is 1. The van der Waals surface area contributed by atoms with E-state index in [9.17, 15) is 4.79 Å². The molecule has 1 aromatic rings. The van der Waals surface area contributed by atoms with Crippen LogP contribution in [0, 0.1) is 0 Å². The molecule has 2 atom stereocenters. The Hall–Kier alpha value is -1.69. The molecule has 17 heavy (non-hydrogen) atoms. The number of hydrogen-bond acceptors (Lipinski definition) is 6. The van der Waals surface area contributed by atoms with E-state index in [1.54, 1.807) is 6.07 Å². The third-order valence-corrected chi connectivity index (χ3v) is 2.93. The maximum atomic E-state index is 11.3. The Labute approximate surface area is 99.6 Å². The summed E-state index contributed by atoms with van der Waals surface area (Å²) in [5.41, 5.74) is 5.95. The summed E-state index contributed by atoms with van der Waals surface area (Å²) < 4.78 is 4.57. The Morgan fingerprint density at radius 3 is 3.06 bits per heavy atom. The van der Waals surface area contributed by atoms with Crippen molar-refractivity contribution >= 4 is 11.8 Å². The number of nitrogens with two attached hydrogens (primary N) is 1. The minimum atomic E-state index is -0.538. The largest absolute Gasteiger partial charge is 0.463 e. The van der Waals surface area contributed by atoms with Crippen LogP contribution in [0.5, 0.6) is 0 Å². The summed E-state index contributed by atoms with van der Waals surface area (Å²) in [7, 11) is 1.30. The number of anilines is 1. The molecule has 1 fully saturated rings. The summed E-state index contributed by atoms with van der Waals surface area (Å²) >= 11 is 0. The Morgan fingerprint density at radius 1 is 1.59 bits per heavy atom. The van der Waals surface area contributed by atoms with E-state index in [2.05, 4.69) is 20.0 Å². The van der Waals surface area contributed by atoms with Gasteiger partial charge in [-0.25, -0.2) is 14.8 Å². The van der Waals surface area contributed by atoms with Gasteiger partial charge in [0.15, 0.2) is 0 Å². The molecule has 2 rings (SSSR count). The predicted molar refractivity (Wildman–Crippen MR) is 62.6 cm³/mol. The fraction of sp³-hybridized carbons (Fsp3) is 0.545. The van der Waals surface area contributed by atoms with Crippen molar-refractivity contribution in [2.45, 2.75) is 31.3 Å². The van der Waals surface area contributed by atoms with E-state index in [-0.39, 0.29) is 17.9 Å². The van der Waals surface area contributed by atoms with Gasteiger partial charge < -0.3 is 15.8 Å². The highest BCUT2D eigenvalue weighted by Crippen LogP contribution is 2.20. The van der Waals surface area contributed by atoms with Gasteiger partial charge in [-0.3, -0.25) is 0 Å². The van der Waals surface area contributed by atoms with Gasteiger partial charge >= 0.3 is 5.97 Å². The maximum absolute atomic E-state index is 11.3. The van der Waals surface area contributed by atoms with E-state index in [0.717, 1.165) is 19.3 Å². The van der Waals surface area contributed by atoms with E-state index < -0.39 is 5.97 Å². The summed E-state index contributed by atoms with van der Waals surface area (Å²) in [6.07, 6.45) is 4.70. The normalized spacial score (nSPS) is 23.4. The van der Waals surface area contributed by atoms with Crippen LogP contribution in [-0.2, 0) is 4.74 Å². The van der Waals surface area contributed by atoms with Gasteiger partial charge in [-0.2, -0.15) is 0 Å². The molecule has 1 aromatic heterocycles. The first-order valence-electron chi connectivity index (χ1n) is 5.64. The molecule has 0 spiro atoms. The first-order valence-corrected chi connectivity index (χ1v) is 5.64. The Balaban J connectivity index is 2.08. The summed E-state index contributed by atoms with van der Waals surface area (Å²) in [5.74, 6) is 0.135. The monoisotopic (exact) mass is 236 g/mol. The quantitative estimate of drug-likeness (QED) is 0.745. The summed E-state index contributed by atoms with van der Waals surface area (Å²) in [4.78, 5) is 19.2. The minimum Gasteiger partial charge on any atom is -0.463 e. The fourth-order valence-electron chi connectivity index (χ4n) is 1.99. The van der Waals surface area contributed by atoms with Gasteiger partial charge in [0.1, 0.15) is 5.82 Å². The summed E-state index contributed by atoms with van der Waals surface area (Å²) in [5, 5.41) is 3.23. The van der Waals surface area contributed by atoms with Crippen molar-refractivity contribution in [1.82, 2.24) is 9.97 Å². The number of ether oxygens (including phenoxy) is 1. The second-order valence-electron chi connectivity index (χ2n) is 4.10. The molecular weight excluding hydrogens is 220 g/mol. The molecule has 1 saturated carbocycles. The molecule has 0 amide bonds. The van der Waals surface area contributed by atoms with Crippen LogP contribution in [0.15, 0.2) is 12.3 Å². The Kier molecular flexibility index (Phi) is 3.53. The van der Waals surface area contributed by atoms with Crippen molar-refractivity contribution in [2.24, 2.45) is 5.73 Å². The highest BCUT2D eigenvalue weighted by molar-refractivity contribution is 5.85. The van der Waals surface area contributed by atoms with Crippen LogP contribution in [0.4, 0.5) is 5.82 Å². The van der Waals surface area contributed by atoms with Gasteiger partial charge in [-0.1, -0.05) is 0 Å². The standard InChI is InChI=1S/C11H16N4O2/c1-17-11(16)10-13-6-5-9(15-10)14-8-4-2-3-7(8)12/h5-8H,2-4,12H2,1H3,(H,13,14,15). The number of carbonyl (C=O) groups is 1.